The summed E-state index contributed by atoms with van der Waals surface area (Å²) in [4.78, 5) is 30.6. The van der Waals surface area contributed by atoms with Gasteiger partial charge in [-0.25, -0.2) is 0 Å². The predicted molar refractivity (Wildman–Crippen MR) is 176 cm³/mol. The molecule has 0 bridgehead atoms. The average molecular weight is 594 g/mol. The minimum absolute atomic E-state index is 0.0381. The van der Waals surface area contributed by atoms with Gasteiger partial charge < -0.3 is 15.5 Å². The number of halogens is 1. The number of nitrogens with zero attached hydrogens (tertiary/aromatic N) is 4. The molecule has 2 N–H and O–H groups in total. The van der Waals surface area contributed by atoms with Crippen molar-refractivity contribution in [3.8, 4) is 22.9 Å². The number of hydrogen-bond acceptors (Lipinski definition) is 5. The van der Waals surface area contributed by atoms with E-state index in [9.17, 15) is 14.9 Å². The van der Waals surface area contributed by atoms with Gasteiger partial charge in [0.25, 0.3) is 5.56 Å². The van der Waals surface area contributed by atoms with Crippen LogP contribution in [0.4, 0.5) is 11.4 Å². The van der Waals surface area contributed by atoms with Crippen LogP contribution in [0.5, 0.6) is 0 Å². The topological polar surface area (TPSA) is 95.4 Å². The zero-order valence-corrected chi connectivity index (χ0v) is 26.0. The number of rotatable bonds is 5. The lowest BCUT2D eigenvalue weighted by Gasteiger charge is -2.41. The third kappa shape index (κ3) is 5.17. The lowest BCUT2D eigenvalue weighted by molar-refractivity contribution is -0.126. The van der Waals surface area contributed by atoms with Crippen LogP contribution in [0, 0.1) is 25.2 Å². The van der Waals surface area contributed by atoms with Crippen molar-refractivity contribution in [1.29, 1.82) is 5.26 Å². The molecule has 5 rings (SSSR count). The Morgan fingerprint density at radius 2 is 1.86 bits per heavy atom. The summed E-state index contributed by atoms with van der Waals surface area (Å²) < 4.78 is 1.65. The van der Waals surface area contributed by atoms with Crippen LogP contribution in [0.2, 0.25) is 5.02 Å². The second kappa shape index (κ2) is 11.6. The highest BCUT2D eigenvalue weighted by Crippen LogP contribution is 2.41. The van der Waals surface area contributed by atoms with Crippen LogP contribution in [-0.2, 0) is 4.79 Å². The number of carbonyl (C=O) groups excluding carboxylic acids is 1. The summed E-state index contributed by atoms with van der Waals surface area (Å²) in [6, 6.07) is 17.6. The number of carbonyl (C=O) groups is 1. The molecular formula is C35H36ClN5O2. The Hall–Kier alpha value is -4.54. The van der Waals surface area contributed by atoms with Crippen molar-refractivity contribution in [3.05, 3.63) is 98.8 Å². The molecule has 1 aliphatic heterocycles. The Morgan fingerprint density at radius 3 is 2.51 bits per heavy atom. The Labute approximate surface area is 257 Å². The van der Waals surface area contributed by atoms with Crippen LogP contribution < -0.4 is 16.2 Å². The van der Waals surface area contributed by atoms with E-state index in [2.05, 4.69) is 31.4 Å². The SMILES string of the molecule is C=CC(=O)N1CCN(c2c(C#N)c(=O)n(-c3ccccc3C(C)C)c3cc(-c4cc(C)cc(C)c4N)c(Cl)cc23)[C@@H](C)C1. The van der Waals surface area contributed by atoms with Gasteiger partial charge in [-0.15, -0.1) is 0 Å². The minimum atomic E-state index is -0.406. The lowest BCUT2D eigenvalue weighted by Crippen LogP contribution is -2.54. The van der Waals surface area contributed by atoms with E-state index in [0.717, 1.165) is 22.3 Å². The number of fused-ring (bicyclic) bond motifs is 1. The van der Waals surface area contributed by atoms with Crippen LogP contribution >= 0.6 is 11.6 Å². The van der Waals surface area contributed by atoms with E-state index in [-0.39, 0.29) is 23.4 Å². The lowest BCUT2D eigenvalue weighted by atomic mass is 9.95. The number of pyridine rings is 1. The van der Waals surface area contributed by atoms with E-state index in [1.807, 2.05) is 69.3 Å². The Morgan fingerprint density at radius 1 is 1.14 bits per heavy atom. The van der Waals surface area contributed by atoms with Crippen molar-refractivity contribution in [2.24, 2.45) is 0 Å². The van der Waals surface area contributed by atoms with Crippen molar-refractivity contribution in [2.45, 2.75) is 46.6 Å². The first-order valence-electron chi connectivity index (χ1n) is 14.4. The average Bonchev–Trinajstić information content (AvgIpc) is 2.98. The number of nitrogen functional groups attached to an aromatic ring is 1. The molecule has 1 atom stereocenters. The summed E-state index contributed by atoms with van der Waals surface area (Å²) in [5, 5.41) is 11.6. The minimum Gasteiger partial charge on any atom is -0.398 e. The normalized spacial score (nSPS) is 15.2. The largest absolute Gasteiger partial charge is 0.398 e. The molecule has 220 valence electrons. The molecule has 1 saturated heterocycles. The number of para-hydroxylation sites is 1. The highest BCUT2D eigenvalue weighted by Gasteiger charge is 2.31. The quantitative estimate of drug-likeness (QED) is 0.204. The fraction of sp³-hybridized carbons (Fsp3) is 0.286. The van der Waals surface area contributed by atoms with Crippen LogP contribution in [0.15, 0.2) is 66.0 Å². The van der Waals surface area contributed by atoms with Crippen molar-refractivity contribution in [3.63, 3.8) is 0 Å². The maximum Gasteiger partial charge on any atom is 0.275 e. The summed E-state index contributed by atoms with van der Waals surface area (Å²) in [5.74, 6) is -0.0167. The standard InChI is InChI=1S/C35H36ClN5O2/c1-7-32(42)39-12-13-40(23(6)19-39)34-27-16-29(36)25(26-15-21(4)14-22(5)33(26)38)17-31(27)41(35(43)28(34)18-37)30-11-9-8-10-24(30)20(2)3/h7-11,14-17,20,23H,1,12-13,19,38H2,2-6H3/t23-/m0/s1. The molecule has 1 amide bonds. The third-order valence-electron chi connectivity index (χ3n) is 8.37. The highest BCUT2D eigenvalue weighted by atomic mass is 35.5. The summed E-state index contributed by atoms with van der Waals surface area (Å²) in [6.07, 6.45) is 1.31. The number of aryl methyl sites for hydroxylation is 2. The van der Waals surface area contributed by atoms with Crippen molar-refractivity contribution in [1.82, 2.24) is 9.47 Å². The zero-order chi connectivity index (χ0) is 31.2. The number of hydrogen-bond donors (Lipinski definition) is 1. The molecule has 0 spiro atoms. The highest BCUT2D eigenvalue weighted by molar-refractivity contribution is 6.34. The maximum atomic E-state index is 14.5. The van der Waals surface area contributed by atoms with Crippen LogP contribution in [-0.4, -0.2) is 41.1 Å². The van der Waals surface area contributed by atoms with Crippen LogP contribution in [0.25, 0.3) is 27.7 Å². The maximum absolute atomic E-state index is 14.5. The summed E-state index contributed by atoms with van der Waals surface area (Å²) in [6.45, 7) is 15.1. The van der Waals surface area contributed by atoms with Crippen molar-refractivity contribution in [2.75, 3.05) is 30.3 Å². The molecule has 1 aliphatic rings. The summed E-state index contributed by atoms with van der Waals surface area (Å²) in [7, 11) is 0. The Balaban J connectivity index is 1.89. The molecule has 0 aliphatic carbocycles. The molecule has 8 heteroatoms. The molecule has 1 fully saturated rings. The molecule has 43 heavy (non-hydrogen) atoms. The van der Waals surface area contributed by atoms with Gasteiger partial charge in [0.15, 0.2) is 0 Å². The first-order valence-corrected chi connectivity index (χ1v) is 14.8. The van der Waals surface area contributed by atoms with E-state index in [4.69, 9.17) is 17.3 Å². The molecule has 7 nitrogen and oxygen atoms in total. The molecule has 4 aromatic rings. The van der Waals surface area contributed by atoms with Crippen molar-refractivity contribution < 1.29 is 4.79 Å². The van der Waals surface area contributed by atoms with Gasteiger partial charge >= 0.3 is 0 Å². The Kier molecular flexibility index (Phi) is 8.09. The number of nitrogens with two attached hydrogens (primary N) is 1. The second-order valence-corrected chi connectivity index (χ2v) is 12.0. The van der Waals surface area contributed by atoms with Gasteiger partial charge in [-0.3, -0.25) is 14.2 Å². The van der Waals surface area contributed by atoms with E-state index in [0.29, 0.717) is 58.2 Å². The molecule has 0 radical (unpaired) electrons. The number of benzene rings is 3. The van der Waals surface area contributed by atoms with E-state index >= 15 is 0 Å². The van der Waals surface area contributed by atoms with E-state index in [1.165, 1.54) is 6.08 Å². The van der Waals surface area contributed by atoms with Crippen LogP contribution in [0.1, 0.15) is 48.9 Å². The molecular weight excluding hydrogens is 558 g/mol. The second-order valence-electron chi connectivity index (χ2n) is 11.6. The summed E-state index contributed by atoms with van der Waals surface area (Å²) >= 11 is 7.05. The fourth-order valence-corrected chi connectivity index (χ4v) is 6.50. The monoisotopic (exact) mass is 593 g/mol. The molecule has 2 heterocycles. The molecule has 0 saturated carbocycles. The first-order chi connectivity index (χ1) is 20.5. The number of piperazine rings is 1. The van der Waals surface area contributed by atoms with Gasteiger partial charge in [0, 0.05) is 52.9 Å². The number of amides is 1. The van der Waals surface area contributed by atoms with Gasteiger partial charge in [0.05, 0.1) is 16.9 Å². The third-order valence-corrected chi connectivity index (χ3v) is 8.68. The van der Waals surface area contributed by atoms with Crippen molar-refractivity contribution >= 4 is 39.8 Å². The smallest absolute Gasteiger partial charge is 0.275 e. The first kappa shape index (κ1) is 29.9. The van der Waals surface area contributed by atoms with E-state index in [1.54, 1.807) is 9.47 Å². The molecule has 3 aromatic carbocycles. The van der Waals surface area contributed by atoms with Gasteiger partial charge in [-0.2, -0.15) is 5.26 Å². The fourth-order valence-electron chi connectivity index (χ4n) is 6.24. The van der Waals surface area contributed by atoms with Gasteiger partial charge in [0.2, 0.25) is 5.91 Å². The van der Waals surface area contributed by atoms with E-state index < -0.39 is 5.56 Å². The Bertz CT molecular complexity index is 1880. The number of aromatic nitrogens is 1. The zero-order valence-electron chi connectivity index (χ0n) is 25.2. The predicted octanol–water partition coefficient (Wildman–Crippen LogP) is 6.73. The number of anilines is 2. The van der Waals surface area contributed by atoms with Gasteiger partial charge in [-0.05, 0) is 68.2 Å². The molecule has 1 aromatic heterocycles. The van der Waals surface area contributed by atoms with Gasteiger partial charge in [-0.1, -0.05) is 61.9 Å². The number of nitriles is 1. The molecule has 0 unspecified atom stereocenters. The summed E-state index contributed by atoms with van der Waals surface area (Å²) in [5.41, 5.74) is 13.2. The van der Waals surface area contributed by atoms with Crippen LogP contribution in [0.3, 0.4) is 0 Å². The van der Waals surface area contributed by atoms with Gasteiger partial charge in [0.1, 0.15) is 11.6 Å².